The van der Waals surface area contributed by atoms with Gasteiger partial charge >= 0.3 is 6.36 Å². The van der Waals surface area contributed by atoms with Crippen LogP contribution in [-0.4, -0.2) is 79.3 Å². The quantitative estimate of drug-likeness (QED) is 0.521. The third-order valence-corrected chi connectivity index (χ3v) is 7.73. The van der Waals surface area contributed by atoms with Gasteiger partial charge in [-0.25, -0.2) is 0 Å². The van der Waals surface area contributed by atoms with Gasteiger partial charge in [0.05, 0.1) is 6.04 Å². The van der Waals surface area contributed by atoms with E-state index < -0.39 is 48.8 Å². The zero-order valence-electron chi connectivity index (χ0n) is 19.2. The molecule has 4 fully saturated rings. The summed E-state index contributed by atoms with van der Waals surface area (Å²) in [5, 5.41) is 5.18. The molecule has 3 saturated heterocycles. The Labute approximate surface area is 195 Å². The van der Waals surface area contributed by atoms with Crippen LogP contribution in [0.2, 0.25) is 0 Å². The fraction of sp³-hybridized carbons (Fsp3) is 0.818. The number of hydrogen-bond donors (Lipinski definition) is 2. The molecule has 2 N–H and O–H groups in total. The number of halogens is 3. The van der Waals surface area contributed by atoms with Crippen LogP contribution in [0.1, 0.15) is 39.5 Å². The van der Waals surface area contributed by atoms with Crippen molar-refractivity contribution in [2.75, 3.05) is 26.3 Å². The molecule has 3 aliphatic heterocycles. The summed E-state index contributed by atoms with van der Waals surface area (Å²) in [7, 11) is 0. The summed E-state index contributed by atoms with van der Waals surface area (Å²) in [4.78, 5) is 52.6. The highest BCUT2D eigenvalue weighted by molar-refractivity contribution is 5.95. The Morgan fingerprint density at radius 1 is 1.29 bits per heavy atom. The van der Waals surface area contributed by atoms with Crippen LogP contribution in [0.5, 0.6) is 0 Å². The van der Waals surface area contributed by atoms with Crippen molar-refractivity contribution in [2.24, 2.45) is 23.2 Å². The number of nitrogens with one attached hydrogen (secondary N) is 2. The first-order valence-corrected chi connectivity index (χ1v) is 11.6. The van der Waals surface area contributed by atoms with Crippen molar-refractivity contribution in [2.45, 2.75) is 64.1 Å². The fourth-order valence-corrected chi connectivity index (χ4v) is 5.71. The van der Waals surface area contributed by atoms with Gasteiger partial charge in [-0.1, -0.05) is 13.8 Å². The Bertz CT molecular complexity index is 857. The molecule has 0 aromatic heterocycles. The molecule has 6 atom stereocenters. The van der Waals surface area contributed by atoms with Gasteiger partial charge in [0, 0.05) is 25.6 Å². The predicted molar refractivity (Wildman–Crippen MR) is 110 cm³/mol. The largest absolute Gasteiger partial charge is 0.522 e. The number of carbonyl (C=O) groups is 4. The minimum absolute atomic E-state index is 0.108. The van der Waals surface area contributed by atoms with Gasteiger partial charge in [0.2, 0.25) is 11.8 Å². The summed E-state index contributed by atoms with van der Waals surface area (Å²) in [5.41, 5.74) is -0.181. The van der Waals surface area contributed by atoms with Crippen LogP contribution in [-0.2, 0) is 28.7 Å². The van der Waals surface area contributed by atoms with Gasteiger partial charge in [0.15, 0.2) is 5.78 Å². The van der Waals surface area contributed by atoms with Crippen molar-refractivity contribution in [3.63, 3.8) is 0 Å². The molecular weight excluding hydrogens is 459 g/mol. The summed E-state index contributed by atoms with van der Waals surface area (Å²) in [6, 6.07) is -2.20. The van der Waals surface area contributed by atoms with E-state index >= 15 is 0 Å². The van der Waals surface area contributed by atoms with E-state index in [2.05, 4.69) is 15.4 Å². The lowest BCUT2D eigenvalue weighted by Crippen LogP contribution is -2.56. The van der Waals surface area contributed by atoms with Gasteiger partial charge in [-0.3, -0.25) is 23.9 Å². The van der Waals surface area contributed by atoms with Crippen LogP contribution in [0.25, 0.3) is 0 Å². The SMILES string of the molecule is CC1(C)[C@@H]2[C@@H](C(=O)NC(C[C@@H]3CCNC3=O)C(=O)COC(F)(F)F)N(C(=O)[C@H]3CCCO3)C[C@@H]21. The number of piperidine rings is 1. The van der Waals surface area contributed by atoms with E-state index in [-0.39, 0.29) is 35.5 Å². The molecule has 4 rings (SSSR count). The third-order valence-electron chi connectivity index (χ3n) is 7.73. The lowest BCUT2D eigenvalue weighted by atomic mass is 9.94. The Morgan fingerprint density at radius 3 is 2.62 bits per heavy atom. The first kappa shape index (κ1) is 24.9. The lowest BCUT2D eigenvalue weighted by molar-refractivity contribution is -0.321. The van der Waals surface area contributed by atoms with Crippen LogP contribution in [0.3, 0.4) is 0 Å². The minimum Gasteiger partial charge on any atom is -0.368 e. The van der Waals surface area contributed by atoms with E-state index in [9.17, 15) is 32.3 Å². The van der Waals surface area contributed by atoms with Gasteiger partial charge in [-0.2, -0.15) is 0 Å². The Morgan fingerprint density at radius 2 is 2.03 bits per heavy atom. The number of alkyl halides is 3. The highest BCUT2D eigenvalue weighted by atomic mass is 19.4. The molecule has 3 amide bonds. The predicted octanol–water partition coefficient (Wildman–Crippen LogP) is 0.765. The van der Waals surface area contributed by atoms with Gasteiger partial charge in [-0.15, -0.1) is 13.2 Å². The van der Waals surface area contributed by atoms with Crippen molar-refractivity contribution in [3.8, 4) is 0 Å². The molecular formula is C22H30F3N3O6. The maximum atomic E-state index is 13.4. The first-order chi connectivity index (χ1) is 15.9. The van der Waals surface area contributed by atoms with Gasteiger partial charge in [-0.05, 0) is 42.9 Å². The van der Waals surface area contributed by atoms with Crippen molar-refractivity contribution in [3.05, 3.63) is 0 Å². The highest BCUT2D eigenvalue weighted by Crippen LogP contribution is 2.65. The second-order valence-corrected chi connectivity index (χ2v) is 10.2. The van der Waals surface area contributed by atoms with Gasteiger partial charge in [0.25, 0.3) is 5.91 Å². The zero-order valence-corrected chi connectivity index (χ0v) is 19.2. The van der Waals surface area contributed by atoms with Crippen LogP contribution < -0.4 is 10.6 Å². The Balaban J connectivity index is 1.50. The molecule has 0 spiro atoms. The molecule has 1 aliphatic carbocycles. The molecule has 12 heteroatoms. The van der Waals surface area contributed by atoms with E-state index in [4.69, 9.17) is 4.74 Å². The normalized spacial score (nSPS) is 32.8. The molecule has 3 heterocycles. The number of ether oxygens (including phenoxy) is 2. The van der Waals surface area contributed by atoms with Gasteiger partial charge < -0.3 is 20.3 Å². The summed E-state index contributed by atoms with van der Waals surface area (Å²) in [5.74, 6) is -2.81. The monoisotopic (exact) mass is 489 g/mol. The number of fused-ring (bicyclic) bond motifs is 1. The van der Waals surface area contributed by atoms with E-state index in [1.165, 1.54) is 4.90 Å². The molecule has 0 radical (unpaired) electrons. The molecule has 1 unspecified atom stereocenters. The second-order valence-electron chi connectivity index (χ2n) is 10.2. The van der Waals surface area contributed by atoms with Crippen molar-refractivity contribution < 1.29 is 41.8 Å². The molecule has 0 aromatic rings. The van der Waals surface area contributed by atoms with Crippen LogP contribution >= 0.6 is 0 Å². The molecule has 0 bridgehead atoms. The molecule has 0 aromatic carbocycles. The van der Waals surface area contributed by atoms with Gasteiger partial charge in [0.1, 0.15) is 18.8 Å². The summed E-state index contributed by atoms with van der Waals surface area (Å²) >= 11 is 0. The van der Waals surface area contributed by atoms with E-state index in [0.717, 1.165) is 6.42 Å². The minimum atomic E-state index is -5.00. The smallest absolute Gasteiger partial charge is 0.368 e. The third kappa shape index (κ3) is 4.93. The molecule has 4 aliphatic rings. The van der Waals surface area contributed by atoms with Crippen molar-refractivity contribution >= 4 is 23.5 Å². The summed E-state index contributed by atoms with van der Waals surface area (Å²) < 4.78 is 46.7. The van der Waals surface area contributed by atoms with E-state index in [1.807, 2.05) is 13.8 Å². The number of nitrogens with zero attached hydrogens (tertiary/aromatic N) is 1. The number of amides is 3. The van der Waals surface area contributed by atoms with Crippen LogP contribution in [0.4, 0.5) is 13.2 Å². The van der Waals surface area contributed by atoms with Crippen LogP contribution in [0.15, 0.2) is 0 Å². The topological polar surface area (TPSA) is 114 Å². The lowest BCUT2D eigenvalue weighted by Gasteiger charge is -2.32. The van der Waals surface area contributed by atoms with Crippen molar-refractivity contribution in [1.29, 1.82) is 0 Å². The Kier molecular flexibility index (Phi) is 6.67. The molecule has 190 valence electrons. The number of likely N-dealkylation sites (tertiary alicyclic amines) is 1. The number of Topliss-reactive ketones (excluding diaryl/α,β-unsaturated/α-hetero) is 1. The molecule has 34 heavy (non-hydrogen) atoms. The first-order valence-electron chi connectivity index (χ1n) is 11.6. The van der Waals surface area contributed by atoms with E-state index in [0.29, 0.717) is 32.5 Å². The molecule has 1 saturated carbocycles. The van der Waals surface area contributed by atoms with Crippen LogP contribution in [0, 0.1) is 23.2 Å². The number of hydrogen-bond acceptors (Lipinski definition) is 6. The number of ketones is 1. The Hall–Kier alpha value is -2.21. The zero-order chi connectivity index (χ0) is 24.8. The average molecular weight is 489 g/mol. The number of carbonyl (C=O) groups excluding carboxylic acids is 4. The maximum Gasteiger partial charge on any atom is 0.522 e. The fourth-order valence-electron chi connectivity index (χ4n) is 5.71. The molecule has 9 nitrogen and oxygen atoms in total. The maximum absolute atomic E-state index is 13.4. The second kappa shape index (κ2) is 9.10. The van der Waals surface area contributed by atoms with Crippen molar-refractivity contribution in [1.82, 2.24) is 15.5 Å². The summed E-state index contributed by atoms with van der Waals surface area (Å²) in [6.07, 6.45) is -4.04. The number of rotatable bonds is 8. The average Bonchev–Trinajstić information content (AvgIpc) is 3.33. The van der Waals surface area contributed by atoms with E-state index in [1.54, 1.807) is 0 Å². The summed E-state index contributed by atoms with van der Waals surface area (Å²) in [6.45, 7) is 3.97. The standard InChI is InChI=1S/C22H30F3N3O6/c1-21(2)12-9-28(20(32)15-4-3-7-33-15)17(16(12)21)19(31)27-13(8-11-5-6-26-18(11)30)14(29)10-34-22(23,24)25/h11-13,15-17H,3-10H2,1-2H3,(H,26,30)(H,27,31)/t11-,12-,13?,15+,16-,17-/m0/s1. The highest BCUT2D eigenvalue weighted by Gasteiger charge is 2.69.